The van der Waals surface area contributed by atoms with Crippen molar-refractivity contribution in [1.29, 1.82) is 0 Å². The number of ether oxygens (including phenoxy) is 1. The Morgan fingerprint density at radius 2 is 2.44 bits per heavy atom. The van der Waals surface area contributed by atoms with Gasteiger partial charge in [-0.2, -0.15) is 0 Å². The quantitative estimate of drug-likeness (QED) is 0.827. The Kier molecular flexibility index (Phi) is 3.74. The first kappa shape index (κ1) is 11.4. The largest absolute Gasteiger partial charge is 0.375 e. The van der Waals surface area contributed by atoms with Crippen molar-refractivity contribution in [3.8, 4) is 0 Å². The molecule has 0 aliphatic carbocycles. The molecule has 1 aliphatic heterocycles. The number of hydrogen-bond donors (Lipinski definition) is 1. The maximum absolute atomic E-state index is 5.51. The van der Waals surface area contributed by atoms with E-state index in [2.05, 4.69) is 34.3 Å². The van der Waals surface area contributed by atoms with Crippen LogP contribution < -0.4 is 10.2 Å². The number of nitrogens with zero attached hydrogens (tertiary/aromatic N) is 2. The van der Waals surface area contributed by atoms with Crippen LogP contribution in [0.1, 0.15) is 12.5 Å². The van der Waals surface area contributed by atoms with Gasteiger partial charge in [0.05, 0.1) is 12.7 Å². The molecule has 1 saturated heterocycles. The van der Waals surface area contributed by atoms with Gasteiger partial charge in [-0.1, -0.05) is 6.07 Å². The number of nitrogens with one attached hydrogen (secondary N) is 1. The molecule has 0 bridgehead atoms. The van der Waals surface area contributed by atoms with E-state index >= 15 is 0 Å². The lowest BCUT2D eigenvalue weighted by molar-refractivity contribution is 0.0529. The van der Waals surface area contributed by atoms with Crippen LogP contribution in [0.5, 0.6) is 0 Å². The number of rotatable bonds is 3. The zero-order valence-corrected chi connectivity index (χ0v) is 9.94. The molecule has 4 heteroatoms. The van der Waals surface area contributed by atoms with Crippen molar-refractivity contribution >= 4 is 5.82 Å². The molecule has 2 rings (SSSR count). The summed E-state index contributed by atoms with van der Waals surface area (Å²) in [7, 11) is 1.94. The molecule has 0 radical (unpaired) electrons. The van der Waals surface area contributed by atoms with E-state index in [0.29, 0.717) is 6.10 Å². The molecule has 1 unspecified atom stereocenters. The van der Waals surface area contributed by atoms with Crippen molar-refractivity contribution in [2.24, 2.45) is 0 Å². The van der Waals surface area contributed by atoms with E-state index in [1.54, 1.807) is 0 Å². The first-order chi connectivity index (χ1) is 7.79. The highest BCUT2D eigenvalue weighted by Gasteiger charge is 2.17. The molecule has 0 aromatic carbocycles. The normalized spacial score (nSPS) is 21.1. The SMILES string of the molecule is CNCc1ccc(N2CCOC(C)C2)nc1. The zero-order chi connectivity index (χ0) is 11.4. The second-order valence-electron chi connectivity index (χ2n) is 4.18. The van der Waals surface area contributed by atoms with E-state index in [-0.39, 0.29) is 0 Å². The van der Waals surface area contributed by atoms with Crippen LogP contribution in [0.3, 0.4) is 0 Å². The van der Waals surface area contributed by atoms with Gasteiger partial charge in [0.25, 0.3) is 0 Å². The van der Waals surface area contributed by atoms with E-state index in [0.717, 1.165) is 32.1 Å². The third kappa shape index (κ3) is 2.71. The highest BCUT2D eigenvalue weighted by molar-refractivity contribution is 5.39. The molecule has 1 aliphatic rings. The van der Waals surface area contributed by atoms with Crippen molar-refractivity contribution in [2.45, 2.75) is 19.6 Å². The summed E-state index contributed by atoms with van der Waals surface area (Å²) in [6.07, 6.45) is 2.24. The molecule has 88 valence electrons. The molecule has 1 fully saturated rings. The average Bonchev–Trinajstić information content (AvgIpc) is 2.30. The topological polar surface area (TPSA) is 37.4 Å². The minimum Gasteiger partial charge on any atom is -0.375 e. The summed E-state index contributed by atoms with van der Waals surface area (Å²) < 4.78 is 5.51. The fourth-order valence-corrected chi connectivity index (χ4v) is 1.94. The van der Waals surface area contributed by atoms with E-state index < -0.39 is 0 Å². The Bertz CT molecular complexity index is 326. The summed E-state index contributed by atoms with van der Waals surface area (Å²) in [5.41, 5.74) is 1.22. The lowest BCUT2D eigenvalue weighted by Crippen LogP contribution is -2.41. The minimum atomic E-state index is 0.299. The summed E-state index contributed by atoms with van der Waals surface area (Å²) in [6, 6.07) is 4.21. The van der Waals surface area contributed by atoms with Crippen LogP contribution in [0.15, 0.2) is 18.3 Å². The summed E-state index contributed by atoms with van der Waals surface area (Å²) in [6.45, 7) is 5.62. The summed E-state index contributed by atoms with van der Waals surface area (Å²) in [5.74, 6) is 1.05. The van der Waals surface area contributed by atoms with Gasteiger partial charge in [0.15, 0.2) is 0 Å². The van der Waals surface area contributed by atoms with Gasteiger partial charge in [0, 0.05) is 25.8 Å². The van der Waals surface area contributed by atoms with E-state index in [9.17, 15) is 0 Å². The minimum absolute atomic E-state index is 0.299. The second kappa shape index (κ2) is 5.27. The van der Waals surface area contributed by atoms with Crippen LogP contribution in [-0.2, 0) is 11.3 Å². The smallest absolute Gasteiger partial charge is 0.128 e. The number of morpholine rings is 1. The fourth-order valence-electron chi connectivity index (χ4n) is 1.94. The average molecular weight is 221 g/mol. The molecule has 1 aromatic heterocycles. The van der Waals surface area contributed by atoms with Crippen LogP contribution in [0, 0.1) is 0 Å². The van der Waals surface area contributed by atoms with Gasteiger partial charge in [-0.05, 0) is 25.6 Å². The number of anilines is 1. The van der Waals surface area contributed by atoms with Gasteiger partial charge in [0.1, 0.15) is 5.82 Å². The molecular formula is C12H19N3O. The maximum atomic E-state index is 5.51. The van der Waals surface area contributed by atoms with Gasteiger partial charge in [-0.15, -0.1) is 0 Å². The predicted octanol–water partition coefficient (Wildman–Crippen LogP) is 1.03. The maximum Gasteiger partial charge on any atom is 0.128 e. The number of aromatic nitrogens is 1. The van der Waals surface area contributed by atoms with Crippen LogP contribution >= 0.6 is 0 Å². The fraction of sp³-hybridized carbons (Fsp3) is 0.583. The third-order valence-corrected chi connectivity index (χ3v) is 2.76. The zero-order valence-electron chi connectivity index (χ0n) is 9.94. The molecular weight excluding hydrogens is 202 g/mol. The molecule has 16 heavy (non-hydrogen) atoms. The van der Waals surface area contributed by atoms with Gasteiger partial charge in [-0.3, -0.25) is 0 Å². The first-order valence-electron chi connectivity index (χ1n) is 5.75. The molecule has 0 saturated carbocycles. The van der Waals surface area contributed by atoms with Crippen LogP contribution in [0.25, 0.3) is 0 Å². The summed E-state index contributed by atoms with van der Waals surface area (Å²) in [5, 5.41) is 3.12. The van der Waals surface area contributed by atoms with Gasteiger partial charge in [0.2, 0.25) is 0 Å². The molecule has 1 atom stereocenters. The van der Waals surface area contributed by atoms with Crippen molar-refractivity contribution in [2.75, 3.05) is 31.6 Å². The van der Waals surface area contributed by atoms with Crippen molar-refractivity contribution in [1.82, 2.24) is 10.3 Å². The Hall–Kier alpha value is -1.13. The van der Waals surface area contributed by atoms with Gasteiger partial charge in [-0.25, -0.2) is 4.98 Å². The molecule has 0 spiro atoms. The Balaban J connectivity index is 2.03. The monoisotopic (exact) mass is 221 g/mol. The second-order valence-corrected chi connectivity index (χ2v) is 4.18. The van der Waals surface area contributed by atoms with Gasteiger partial charge >= 0.3 is 0 Å². The van der Waals surface area contributed by atoms with Crippen molar-refractivity contribution < 1.29 is 4.74 Å². The highest BCUT2D eigenvalue weighted by Crippen LogP contribution is 2.15. The van der Waals surface area contributed by atoms with Gasteiger partial charge < -0.3 is 15.0 Å². The molecule has 4 nitrogen and oxygen atoms in total. The molecule has 2 heterocycles. The third-order valence-electron chi connectivity index (χ3n) is 2.76. The summed E-state index contributed by atoms with van der Waals surface area (Å²) >= 11 is 0. The summed E-state index contributed by atoms with van der Waals surface area (Å²) in [4.78, 5) is 6.76. The van der Waals surface area contributed by atoms with Crippen molar-refractivity contribution in [3.05, 3.63) is 23.9 Å². The molecule has 1 aromatic rings. The number of pyridine rings is 1. The van der Waals surface area contributed by atoms with Crippen LogP contribution in [0.4, 0.5) is 5.82 Å². The van der Waals surface area contributed by atoms with Crippen LogP contribution in [-0.4, -0.2) is 37.8 Å². The van der Waals surface area contributed by atoms with E-state index in [1.165, 1.54) is 5.56 Å². The lowest BCUT2D eigenvalue weighted by atomic mass is 10.2. The Morgan fingerprint density at radius 3 is 3.06 bits per heavy atom. The van der Waals surface area contributed by atoms with E-state index in [1.807, 2.05) is 13.2 Å². The van der Waals surface area contributed by atoms with E-state index in [4.69, 9.17) is 4.74 Å². The van der Waals surface area contributed by atoms with Crippen LogP contribution in [0.2, 0.25) is 0 Å². The van der Waals surface area contributed by atoms with Crippen molar-refractivity contribution in [3.63, 3.8) is 0 Å². The number of hydrogen-bond acceptors (Lipinski definition) is 4. The standard InChI is InChI=1S/C12H19N3O/c1-10-9-15(5-6-16-10)12-4-3-11(7-13-2)8-14-12/h3-4,8,10,13H,5-7,9H2,1-2H3. The Labute approximate surface area is 96.6 Å². The highest BCUT2D eigenvalue weighted by atomic mass is 16.5. The molecule has 0 amide bonds. The lowest BCUT2D eigenvalue weighted by Gasteiger charge is -2.32. The Morgan fingerprint density at radius 1 is 1.56 bits per heavy atom. The molecule has 1 N–H and O–H groups in total. The predicted molar refractivity (Wildman–Crippen MR) is 64.6 cm³/mol. The first-order valence-corrected chi connectivity index (χ1v) is 5.75.